The minimum absolute atomic E-state index is 0.0373. The number of amides is 1. The number of aryl methyl sites for hydroxylation is 1. The van der Waals surface area contributed by atoms with E-state index in [0.29, 0.717) is 36.3 Å². The second kappa shape index (κ2) is 6.91. The Hall–Kier alpha value is -2.68. The average Bonchev–Trinajstić information content (AvgIpc) is 3.40. The van der Waals surface area contributed by atoms with Crippen molar-refractivity contribution in [2.45, 2.75) is 18.8 Å². The molecule has 26 heavy (non-hydrogen) atoms. The first-order valence-electron chi connectivity index (χ1n) is 8.38. The number of rotatable bonds is 4. The Bertz CT molecular complexity index is 902. The summed E-state index contributed by atoms with van der Waals surface area (Å²) in [6.45, 7) is 1.24. The van der Waals surface area contributed by atoms with E-state index in [2.05, 4.69) is 15.3 Å². The van der Waals surface area contributed by atoms with Crippen LogP contribution in [0.2, 0.25) is 0 Å². The highest BCUT2D eigenvalue weighted by atomic mass is 32.1. The Morgan fingerprint density at radius 3 is 3.08 bits per heavy atom. The van der Waals surface area contributed by atoms with Crippen molar-refractivity contribution in [3.8, 4) is 17.3 Å². The van der Waals surface area contributed by atoms with E-state index in [0.717, 1.165) is 18.4 Å². The normalized spacial score (nSPS) is 17.5. The molecule has 4 rings (SSSR count). The molecule has 1 fully saturated rings. The van der Waals surface area contributed by atoms with Crippen molar-refractivity contribution in [1.29, 1.82) is 0 Å². The lowest BCUT2D eigenvalue weighted by Crippen LogP contribution is -2.39. The molecule has 0 aliphatic carbocycles. The molecule has 1 aliphatic heterocycles. The monoisotopic (exact) mass is 373 g/mol. The Labute approximate surface area is 154 Å². The van der Waals surface area contributed by atoms with E-state index in [9.17, 15) is 4.79 Å². The summed E-state index contributed by atoms with van der Waals surface area (Å²) < 4.78 is 12.7. The summed E-state index contributed by atoms with van der Waals surface area (Å²) >= 11 is 1.59. The summed E-state index contributed by atoms with van der Waals surface area (Å²) in [5.41, 5.74) is 1.40. The minimum Gasteiger partial charge on any atom is -0.479 e. The number of thiophene rings is 1. The van der Waals surface area contributed by atoms with Crippen molar-refractivity contribution in [2.24, 2.45) is 7.05 Å². The Morgan fingerprint density at radius 1 is 1.42 bits per heavy atom. The standard InChI is InChI=1S/C17H19N5O3S/c1-21-9-13(16(20-21)24-2)17(23)22-6-3-4-11(8-22)14-18-19-15(25-14)12-5-7-26-10-12/h5,7,9-11H,3-4,6,8H2,1-2H3. The third kappa shape index (κ3) is 3.10. The van der Waals surface area contributed by atoms with Gasteiger partial charge in [-0.25, -0.2) is 0 Å². The van der Waals surface area contributed by atoms with Gasteiger partial charge in [0.15, 0.2) is 0 Å². The molecule has 0 saturated carbocycles. The number of piperidine rings is 1. The van der Waals surface area contributed by atoms with Gasteiger partial charge >= 0.3 is 0 Å². The van der Waals surface area contributed by atoms with Crippen LogP contribution in [0, 0.1) is 0 Å². The molecule has 136 valence electrons. The summed E-state index contributed by atoms with van der Waals surface area (Å²) in [6, 6.07) is 1.95. The lowest BCUT2D eigenvalue weighted by Gasteiger charge is -2.30. The van der Waals surface area contributed by atoms with Crippen molar-refractivity contribution in [3.63, 3.8) is 0 Å². The number of ether oxygens (including phenoxy) is 1. The lowest BCUT2D eigenvalue weighted by atomic mass is 9.97. The number of carbonyl (C=O) groups excluding carboxylic acids is 1. The van der Waals surface area contributed by atoms with Crippen LogP contribution in [0.4, 0.5) is 0 Å². The molecular formula is C17H19N5O3S. The molecule has 3 aromatic heterocycles. The first-order chi connectivity index (χ1) is 12.7. The van der Waals surface area contributed by atoms with Gasteiger partial charge in [-0.05, 0) is 24.3 Å². The Balaban J connectivity index is 1.51. The summed E-state index contributed by atoms with van der Waals surface area (Å²) in [5, 5.41) is 16.5. The third-order valence-electron chi connectivity index (χ3n) is 4.49. The molecule has 0 aromatic carbocycles. The molecule has 0 spiro atoms. The van der Waals surface area contributed by atoms with E-state index in [1.165, 1.54) is 7.11 Å². The molecule has 3 aromatic rings. The third-order valence-corrected chi connectivity index (χ3v) is 5.17. The van der Waals surface area contributed by atoms with Gasteiger partial charge in [0.25, 0.3) is 5.91 Å². The van der Waals surface area contributed by atoms with Crippen molar-refractivity contribution >= 4 is 17.2 Å². The number of methoxy groups -OCH3 is 1. The van der Waals surface area contributed by atoms with Crippen LogP contribution in [-0.2, 0) is 7.05 Å². The molecular weight excluding hydrogens is 354 g/mol. The molecule has 9 heteroatoms. The van der Waals surface area contributed by atoms with E-state index in [4.69, 9.17) is 9.15 Å². The van der Waals surface area contributed by atoms with Crippen LogP contribution in [0.5, 0.6) is 5.88 Å². The number of hydrogen-bond donors (Lipinski definition) is 0. The van der Waals surface area contributed by atoms with Gasteiger partial charge in [0.2, 0.25) is 17.7 Å². The van der Waals surface area contributed by atoms with Crippen LogP contribution < -0.4 is 4.74 Å². The zero-order chi connectivity index (χ0) is 18.1. The van der Waals surface area contributed by atoms with Crippen LogP contribution in [-0.4, -0.2) is 51.0 Å². The maximum atomic E-state index is 12.9. The number of hydrogen-bond acceptors (Lipinski definition) is 7. The van der Waals surface area contributed by atoms with Crippen LogP contribution in [0.15, 0.2) is 27.4 Å². The minimum atomic E-state index is -0.0859. The second-order valence-electron chi connectivity index (χ2n) is 6.27. The molecule has 1 atom stereocenters. The zero-order valence-corrected chi connectivity index (χ0v) is 15.4. The largest absolute Gasteiger partial charge is 0.479 e. The molecule has 8 nitrogen and oxygen atoms in total. The van der Waals surface area contributed by atoms with E-state index < -0.39 is 0 Å². The molecule has 1 saturated heterocycles. The number of likely N-dealkylation sites (tertiary alicyclic amines) is 1. The highest BCUT2D eigenvalue weighted by Crippen LogP contribution is 2.30. The van der Waals surface area contributed by atoms with E-state index >= 15 is 0 Å². The number of aromatic nitrogens is 4. The SMILES string of the molecule is COc1nn(C)cc1C(=O)N1CCCC(c2nnc(-c3ccsc3)o2)C1. The topological polar surface area (TPSA) is 86.3 Å². The highest BCUT2D eigenvalue weighted by molar-refractivity contribution is 7.08. The van der Waals surface area contributed by atoms with Crippen LogP contribution in [0.1, 0.15) is 35.0 Å². The summed E-state index contributed by atoms with van der Waals surface area (Å²) in [6.07, 6.45) is 3.49. The highest BCUT2D eigenvalue weighted by Gasteiger charge is 2.31. The summed E-state index contributed by atoms with van der Waals surface area (Å²) in [5.74, 6) is 1.41. The van der Waals surface area contributed by atoms with E-state index in [-0.39, 0.29) is 11.8 Å². The maximum Gasteiger partial charge on any atom is 0.260 e. The first kappa shape index (κ1) is 16.8. The molecule has 1 amide bonds. The summed E-state index contributed by atoms with van der Waals surface area (Å²) in [4.78, 5) is 14.7. The fraction of sp³-hybridized carbons (Fsp3) is 0.412. The smallest absolute Gasteiger partial charge is 0.260 e. The van der Waals surface area contributed by atoms with Gasteiger partial charge in [0.1, 0.15) is 5.56 Å². The lowest BCUT2D eigenvalue weighted by molar-refractivity contribution is 0.0695. The quantitative estimate of drug-likeness (QED) is 0.699. The Morgan fingerprint density at radius 2 is 2.31 bits per heavy atom. The molecule has 4 heterocycles. The Kier molecular flexibility index (Phi) is 4.46. The van der Waals surface area contributed by atoms with E-state index in [1.54, 1.807) is 29.3 Å². The first-order valence-corrected chi connectivity index (χ1v) is 9.33. The molecule has 0 radical (unpaired) electrons. The number of nitrogens with zero attached hydrogens (tertiary/aromatic N) is 5. The van der Waals surface area contributed by atoms with Gasteiger partial charge in [-0.1, -0.05) is 0 Å². The van der Waals surface area contributed by atoms with Gasteiger partial charge in [0, 0.05) is 37.3 Å². The molecule has 1 aliphatic rings. The van der Waals surface area contributed by atoms with Crippen molar-refractivity contribution < 1.29 is 13.9 Å². The van der Waals surface area contributed by atoms with Crippen LogP contribution in [0.25, 0.3) is 11.5 Å². The van der Waals surface area contributed by atoms with Gasteiger partial charge in [-0.3, -0.25) is 9.48 Å². The van der Waals surface area contributed by atoms with Crippen molar-refractivity contribution in [3.05, 3.63) is 34.5 Å². The van der Waals surface area contributed by atoms with Gasteiger partial charge < -0.3 is 14.1 Å². The zero-order valence-electron chi connectivity index (χ0n) is 14.6. The van der Waals surface area contributed by atoms with Gasteiger partial charge in [0.05, 0.1) is 13.0 Å². The fourth-order valence-electron chi connectivity index (χ4n) is 3.20. The second-order valence-corrected chi connectivity index (χ2v) is 7.05. The van der Waals surface area contributed by atoms with Crippen LogP contribution in [0.3, 0.4) is 0 Å². The van der Waals surface area contributed by atoms with Crippen molar-refractivity contribution in [2.75, 3.05) is 20.2 Å². The average molecular weight is 373 g/mol. The van der Waals surface area contributed by atoms with Crippen LogP contribution >= 0.6 is 11.3 Å². The molecule has 1 unspecified atom stereocenters. The van der Waals surface area contributed by atoms with Crippen molar-refractivity contribution in [1.82, 2.24) is 24.9 Å². The van der Waals surface area contributed by atoms with Gasteiger partial charge in [-0.15, -0.1) is 15.3 Å². The fourth-order valence-corrected chi connectivity index (χ4v) is 3.83. The predicted octanol–water partition coefficient (Wildman–Crippen LogP) is 2.56. The van der Waals surface area contributed by atoms with E-state index in [1.807, 2.05) is 21.7 Å². The summed E-state index contributed by atoms with van der Waals surface area (Å²) in [7, 11) is 3.28. The molecule has 0 N–H and O–H groups in total. The predicted molar refractivity (Wildman–Crippen MR) is 95.2 cm³/mol. The molecule has 0 bridgehead atoms. The van der Waals surface area contributed by atoms with Gasteiger partial charge in [-0.2, -0.15) is 11.3 Å². The number of carbonyl (C=O) groups is 1. The maximum absolute atomic E-state index is 12.9.